The Kier molecular flexibility index (Phi) is 6.49. The zero-order chi connectivity index (χ0) is 24.9. The molecule has 1 aromatic heterocycles. The monoisotopic (exact) mass is 473 g/mol. The van der Waals surface area contributed by atoms with Gasteiger partial charge in [0.15, 0.2) is 0 Å². The number of anilines is 1. The van der Waals surface area contributed by atoms with Gasteiger partial charge in [-0.15, -0.1) is 0 Å². The molecular weight excluding hydrogens is 454 g/mol. The van der Waals surface area contributed by atoms with Gasteiger partial charge in [-0.05, 0) is 42.8 Å². The number of urea groups is 1. The Morgan fingerprint density at radius 3 is 2.46 bits per heavy atom. The molecule has 0 spiro atoms. The predicted octanol–water partition coefficient (Wildman–Crippen LogP) is 3.62. The number of pyridine rings is 1. The van der Waals surface area contributed by atoms with Crippen molar-refractivity contribution in [1.29, 1.82) is 0 Å². The molecule has 1 aliphatic rings. The molecule has 4 amide bonds. The van der Waals surface area contributed by atoms with E-state index in [-0.39, 0.29) is 17.3 Å². The summed E-state index contributed by atoms with van der Waals surface area (Å²) in [6.07, 6.45) is 2.57. The normalized spacial score (nSPS) is 14.1. The molecule has 0 unspecified atom stereocenters. The third kappa shape index (κ3) is 5.66. The number of rotatable bonds is 7. The van der Waals surface area contributed by atoms with E-state index in [0.29, 0.717) is 17.0 Å². The van der Waals surface area contributed by atoms with Crippen molar-refractivity contribution >= 4 is 35.3 Å². The van der Waals surface area contributed by atoms with Crippen LogP contribution in [0.15, 0.2) is 72.6 Å². The van der Waals surface area contributed by atoms with Gasteiger partial charge in [0.1, 0.15) is 24.2 Å². The number of nitrogens with one attached hydrogen (secondary N) is 2. The second-order valence-electron chi connectivity index (χ2n) is 7.58. The van der Waals surface area contributed by atoms with Crippen LogP contribution < -0.4 is 15.4 Å². The first-order valence-corrected chi connectivity index (χ1v) is 10.4. The van der Waals surface area contributed by atoms with Crippen molar-refractivity contribution in [2.24, 2.45) is 0 Å². The molecule has 1 aliphatic heterocycles. The number of ether oxygens (including phenoxy) is 1. The summed E-state index contributed by atoms with van der Waals surface area (Å²) in [4.78, 5) is 52.0. The van der Waals surface area contributed by atoms with Crippen molar-refractivity contribution < 1.29 is 24.0 Å². The third-order valence-electron chi connectivity index (χ3n) is 4.94. The number of carbonyl (C=O) groups excluding carboxylic acids is 3. The summed E-state index contributed by atoms with van der Waals surface area (Å²) in [5.41, 5.74) is 2.08. The molecule has 35 heavy (non-hydrogen) atoms. The first kappa shape index (κ1) is 23.1. The molecule has 1 fully saturated rings. The van der Waals surface area contributed by atoms with Crippen molar-refractivity contribution in [3.05, 3.63) is 93.8 Å². The fraction of sp³-hybridized carbons (Fsp3) is 0.0833. The van der Waals surface area contributed by atoms with Gasteiger partial charge in [-0.3, -0.25) is 19.7 Å². The van der Waals surface area contributed by atoms with Gasteiger partial charge in [-0.1, -0.05) is 29.8 Å². The van der Waals surface area contributed by atoms with E-state index < -0.39 is 29.3 Å². The number of amides is 4. The Morgan fingerprint density at radius 1 is 1.11 bits per heavy atom. The van der Waals surface area contributed by atoms with E-state index >= 15 is 0 Å². The first-order valence-electron chi connectivity index (χ1n) is 10.4. The number of imide groups is 1. The smallest absolute Gasteiger partial charge is 0.329 e. The van der Waals surface area contributed by atoms with Crippen LogP contribution in [0.4, 0.5) is 16.2 Å². The standard InChI is InChI=1S/C24H19N5O6/c1-15-2-6-17(7-3-15)26-21(30)14-28-23(31)20(27-24(28)32)12-16-4-9-19(10-5-16)35-22-11-8-18(13-25-22)29(33)34/h2-13H,14H2,1H3,(H,26,30)(H,27,32)/b20-12+. The van der Waals surface area contributed by atoms with Crippen molar-refractivity contribution in [1.82, 2.24) is 15.2 Å². The Balaban J connectivity index is 1.38. The molecule has 0 bridgehead atoms. The Labute approximate surface area is 199 Å². The highest BCUT2D eigenvalue weighted by Crippen LogP contribution is 2.23. The van der Waals surface area contributed by atoms with Crippen LogP contribution in [0.5, 0.6) is 11.6 Å². The number of carbonyl (C=O) groups is 3. The summed E-state index contributed by atoms with van der Waals surface area (Å²) in [7, 11) is 0. The first-order chi connectivity index (χ1) is 16.8. The van der Waals surface area contributed by atoms with Crippen LogP contribution in [0.3, 0.4) is 0 Å². The lowest BCUT2D eigenvalue weighted by Crippen LogP contribution is -2.38. The predicted molar refractivity (Wildman–Crippen MR) is 125 cm³/mol. The zero-order valence-electron chi connectivity index (χ0n) is 18.4. The van der Waals surface area contributed by atoms with E-state index in [2.05, 4.69) is 15.6 Å². The minimum absolute atomic E-state index is 0.0313. The summed E-state index contributed by atoms with van der Waals surface area (Å²) in [5, 5.41) is 15.8. The van der Waals surface area contributed by atoms with E-state index in [1.54, 1.807) is 36.4 Å². The molecule has 3 aromatic rings. The maximum Gasteiger partial charge on any atom is 0.329 e. The number of benzene rings is 2. The molecule has 1 saturated heterocycles. The lowest BCUT2D eigenvalue weighted by Gasteiger charge is -2.12. The highest BCUT2D eigenvalue weighted by Gasteiger charge is 2.34. The van der Waals surface area contributed by atoms with Crippen molar-refractivity contribution in [3.8, 4) is 11.6 Å². The molecule has 11 nitrogen and oxygen atoms in total. The molecule has 11 heteroatoms. The van der Waals surface area contributed by atoms with E-state index in [0.717, 1.165) is 16.7 Å². The van der Waals surface area contributed by atoms with Crippen LogP contribution in [-0.4, -0.2) is 39.2 Å². The van der Waals surface area contributed by atoms with Crippen LogP contribution in [0.2, 0.25) is 0 Å². The summed E-state index contributed by atoms with van der Waals surface area (Å²) >= 11 is 0. The number of nitrogens with zero attached hydrogens (tertiary/aromatic N) is 3. The lowest BCUT2D eigenvalue weighted by molar-refractivity contribution is -0.385. The molecule has 4 rings (SSSR count). The van der Waals surface area contributed by atoms with Gasteiger partial charge in [-0.25, -0.2) is 14.7 Å². The third-order valence-corrected chi connectivity index (χ3v) is 4.94. The number of nitro groups is 1. The number of hydrogen-bond donors (Lipinski definition) is 2. The molecule has 0 saturated carbocycles. The van der Waals surface area contributed by atoms with Gasteiger partial charge >= 0.3 is 6.03 Å². The summed E-state index contributed by atoms with van der Waals surface area (Å²) in [6.45, 7) is 1.49. The van der Waals surface area contributed by atoms with E-state index in [4.69, 9.17) is 4.74 Å². The molecule has 2 heterocycles. The van der Waals surface area contributed by atoms with Crippen LogP contribution in [-0.2, 0) is 9.59 Å². The number of hydrogen-bond acceptors (Lipinski definition) is 7. The Morgan fingerprint density at radius 2 is 1.83 bits per heavy atom. The highest BCUT2D eigenvalue weighted by atomic mass is 16.6. The molecular formula is C24H19N5O6. The zero-order valence-corrected chi connectivity index (χ0v) is 18.4. The quantitative estimate of drug-likeness (QED) is 0.231. The van der Waals surface area contributed by atoms with Gasteiger partial charge < -0.3 is 15.4 Å². The topological polar surface area (TPSA) is 144 Å². The Bertz CT molecular complexity index is 1320. The van der Waals surface area contributed by atoms with Crippen LogP contribution in [0, 0.1) is 17.0 Å². The van der Waals surface area contributed by atoms with Gasteiger partial charge in [0.25, 0.3) is 11.6 Å². The highest BCUT2D eigenvalue weighted by molar-refractivity contribution is 6.15. The molecule has 0 atom stereocenters. The van der Waals surface area contributed by atoms with Crippen molar-refractivity contribution in [3.63, 3.8) is 0 Å². The number of aromatic nitrogens is 1. The average Bonchev–Trinajstić information content (AvgIpc) is 3.09. The molecule has 2 N–H and O–H groups in total. The van der Waals surface area contributed by atoms with E-state index in [1.165, 1.54) is 18.2 Å². The molecule has 2 aromatic carbocycles. The minimum Gasteiger partial charge on any atom is -0.439 e. The average molecular weight is 473 g/mol. The van der Waals surface area contributed by atoms with Gasteiger partial charge in [-0.2, -0.15) is 0 Å². The molecule has 176 valence electrons. The molecule has 0 radical (unpaired) electrons. The van der Waals surface area contributed by atoms with Crippen molar-refractivity contribution in [2.75, 3.05) is 11.9 Å². The lowest BCUT2D eigenvalue weighted by atomic mass is 10.2. The second kappa shape index (κ2) is 9.83. The Hall–Kier alpha value is -5.06. The molecule has 0 aliphatic carbocycles. The SMILES string of the molecule is Cc1ccc(NC(=O)CN2C(=O)N/C(=C/c3ccc(Oc4ccc([N+](=O)[O-])cn4)cc3)C2=O)cc1. The van der Waals surface area contributed by atoms with E-state index in [9.17, 15) is 24.5 Å². The number of aryl methyl sites for hydroxylation is 1. The maximum absolute atomic E-state index is 12.6. The van der Waals surface area contributed by atoms with Crippen LogP contribution in [0.1, 0.15) is 11.1 Å². The van der Waals surface area contributed by atoms with Crippen LogP contribution in [0.25, 0.3) is 6.08 Å². The van der Waals surface area contributed by atoms with Crippen LogP contribution >= 0.6 is 0 Å². The maximum atomic E-state index is 12.6. The second-order valence-corrected chi connectivity index (χ2v) is 7.58. The summed E-state index contributed by atoms with van der Waals surface area (Å²) in [5.74, 6) is -0.520. The fourth-order valence-electron chi connectivity index (χ4n) is 3.16. The van der Waals surface area contributed by atoms with Crippen molar-refractivity contribution in [2.45, 2.75) is 6.92 Å². The minimum atomic E-state index is -0.690. The summed E-state index contributed by atoms with van der Waals surface area (Å²) < 4.78 is 5.55. The summed E-state index contributed by atoms with van der Waals surface area (Å²) in [6, 6.07) is 15.6. The van der Waals surface area contributed by atoms with E-state index in [1.807, 2.05) is 19.1 Å². The fourth-order valence-corrected chi connectivity index (χ4v) is 3.16. The van der Waals surface area contributed by atoms with Gasteiger partial charge in [0.05, 0.1) is 4.92 Å². The van der Waals surface area contributed by atoms with Gasteiger partial charge in [0, 0.05) is 17.8 Å². The largest absolute Gasteiger partial charge is 0.439 e. The van der Waals surface area contributed by atoms with Gasteiger partial charge in [0.2, 0.25) is 11.8 Å².